The molecule has 5 aromatic rings. The van der Waals surface area contributed by atoms with E-state index in [9.17, 15) is 0 Å². The molecular formula is C34H37NO2. The fourth-order valence-electron chi connectivity index (χ4n) is 5.55. The minimum absolute atomic E-state index is 0.598. The zero-order valence-electron chi connectivity index (χ0n) is 22.5. The van der Waals surface area contributed by atoms with E-state index in [0.717, 1.165) is 30.2 Å². The summed E-state index contributed by atoms with van der Waals surface area (Å²) in [5, 5.41) is 7.77. The van der Waals surface area contributed by atoms with Gasteiger partial charge in [-0.05, 0) is 56.8 Å². The second-order valence-electron chi connectivity index (χ2n) is 9.92. The first-order valence-electron chi connectivity index (χ1n) is 13.5. The van der Waals surface area contributed by atoms with E-state index >= 15 is 0 Å². The van der Waals surface area contributed by atoms with E-state index in [2.05, 4.69) is 97.6 Å². The van der Waals surface area contributed by atoms with Crippen molar-refractivity contribution in [1.82, 2.24) is 0 Å². The highest BCUT2D eigenvalue weighted by molar-refractivity contribution is 6.25. The Labute approximate surface area is 220 Å². The Kier molecular flexibility index (Phi) is 7.50. The van der Waals surface area contributed by atoms with Gasteiger partial charge in [0.05, 0.1) is 14.2 Å². The molecule has 0 aromatic heterocycles. The zero-order chi connectivity index (χ0) is 25.8. The summed E-state index contributed by atoms with van der Waals surface area (Å²) in [6.45, 7) is 5.53. The molecule has 1 atom stereocenters. The first-order valence-corrected chi connectivity index (χ1v) is 13.5. The third kappa shape index (κ3) is 4.96. The van der Waals surface area contributed by atoms with Crippen molar-refractivity contribution in [2.75, 3.05) is 25.7 Å². The summed E-state index contributed by atoms with van der Waals surface area (Å²) in [6, 6.07) is 30.7. The molecule has 0 bridgehead atoms. The van der Waals surface area contributed by atoms with Gasteiger partial charge in [0.2, 0.25) is 0 Å². The average molecular weight is 492 g/mol. The summed E-state index contributed by atoms with van der Waals surface area (Å²) < 4.78 is 11.3. The minimum atomic E-state index is 0.598. The van der Waals surface area contributed by atoms with E-state index in [1.165, 1.54) is 57.3 Å². The lowest BCUT2D eigenvalue weighted by Gasteiger charge is -2.30. The number of rotatable bonds is 10. The fourth-order valence-corrected chi connectivity index (χ4v) is 5.55. The molecule has 0 saturated heterocycles. The van der Waals surface area contributed by atoms with Crippen molar-refractivity contribution in [3.8, 4) is 11.5 Å². The third-order valence-electron chi connectivity index (χ3n) is 7.67. The van der Waals surface area contributed by atoms with Gasteiger partial charge in [-0.1, -0.05) is 87.7 Å². The van der Waals surface area contributed by atoms with Crippen LogP contribution in [0.1, 0.15) is 39.5 Å². The Hall–Kier alpha value is -3.72. The second-order valence-corrected chi connectivity index (χ2v) is 9.92. The molecule has 0 saturated carbocycles. The highest BCUT2D eigenvalue weighted by Crippen LogP contribution is 2.40. The van der Waals surface area contributed by atoms with Crippen molar-refractivity contribution in [3.63, 3.8) is 0 Å². The molecule has 0 aliphatic heterocycles. The summed E-state index contributed by atoms with van der Waals surface area (Å²) in [5.41, 5.74) is 2.29. The van der Waals surface area contributed by atoms with E-state index in [-0.39, 0.29) is 0 Å². The van der Waals surface area contributed by atoms with Gasteiger partial charge in [-0.3, -0.25) is 0 Å². The van der Waals surface area contributed by atoms with E-state index in [1.54, 1.807) is 14.2 Å². The monoisotopic (exact) mass is 491 g/mol. The number of benzene rings is 5. The molecule has 0 aliphatic carbocycles. The van der Waals surface area contributed by atoms with Crippen LogP contribution in [0.4, 0.5) is 11.4 Å². The van der Waals surface area contributed by atoms with Crippen LogP contribution in [0, 0.1) is 5.92 Å². The molecule has 5 aromatic carbocycles. The molecule has 0 fully saturated rings. The molecule has 1 unspecified atom stereocenters. The quantitative estimate of drug-likeness (QED) is 0.182. The SMILES string of the molecule is CCCCC(CC)CN(c1cc(OC)cc(OC)c1)c1ccc2c3ccccc3c3ccccc3c2c1. The van der Waals surface area contributed by atoms with Crippen LogP contribution >= 0.6 is 0 Å². The standard InChI is InChI=1S/C34H37NO2/c1-5-7-12-24(6-2)23-35(26-19-27(36-3)22-28(20-26)37-4)25-17-18-33-31-15-9-8-13-29(31)30-14-10-11-16-32(30)34(33)21-25/h8-11,13-22,24H,5-7,12,23H2,1-4H3. The topological polar surface area (TPSA) is 21.7 Å². The number of methoxy groups -OCH3 is 2. The Morgan fingerprint density at radius 2 is 1.16 bits per heavy atom. The molecule has 3 nitrogen and oxygen atoms in total. The second kappa shape index (κ2) is 11.1. The summed E-state index contributed by atoms with van der Waals surface area (Å²) in [4.78, 5) is 2.46. The van der Waals surface area contributed by atoms with E-state index in [4.69, 9.17) is 9.47 Å². The summed E-state index contributed by atoms with van der Waals surface area (Å²) in [6.07, 6.45) is 4.85. The first-order chi connectivity index (χ1) is 18.2. The van der Waals surface area contributed by atoms with Crippen molar-refractivity contribution in [3.05, 3.63) is 84.9 Å². The highest BCUT2D eigenvalue weighted by atomic mass is 16.5. The smallest absolute Gasteiger partial charge is 0.124 e. The van der Waals surface area contributed by atoms with E-state index in [0.29, 0.717) is 5.92 Å². The lowest BCUT2D eigenvalue weighted by atomic mass is 9.93. The van der Waals surface area contributed by atoms with Crippen LogP contribution in [0.5, 0.6) is 11.5 Å². The van der Waals surface area contributed by atoms with Gasteiger partial charge in [-0.15, -0.1) is 0 Å². The number of hydrogen-bond donors (Lipinski definition) is 0. The largest absolute Gasteiger partial charge is 0.497 e. The molecule has 37 heavy (non-hydrogen) atoms. The minimum Gasteiger partial charge on any atom is -0.497 e. The predicted octanol–water partition coefficient (Wildman–Crippen LogP) is 9.52. The van der Waals surface area contributed by atoms with Crippen LogP contribution in [0.25, 0.3) is 32.3 Å². The third-order valence-corrected chi connectivity index (χ3v) is 7.67. The van der Waals surface area contributed by atoms with Gasteiger partial charge < -0.3 is 14.4 Å². The highest BCUT2D eigenvalue weighted by Gasteiger charge is 2.19. The van der Waals surface area contributed by atoms with Crippen LogP contribution in [-0.4, -0.2) is 20.8 Å². The number of ether oxygens (including phenoxy) is 2. The van der Waals surface area contributed by atoms with Crippen LogP contribution in [0.3, 0.4) is 0 Å². The Morgan fingerprint density at radius 3 is 1.68 bits per heavy atom. The predicted molar refractivity (Wildman–Crippen MR) is 159 cm³/mol. The van der Waals surface area contributed by atoms with Gasteiger partial charge in [-0.2, -0.15) is 0 Å². The Balaban J connectivity index is 1.72. The van der Waals surface area contributed by atoms with Crippen molar-refractivity contribution in [1.29, 1.82) is 0 Å². The molecule has 190 valence electrons. The van der Waals surface area contributed by atoms with Gasteiger partial charge in [0, 0.05) is 36.1 Å². The number of hydrogen-bond acceptors (Lipinski definition) is 3. The lowest BCUT2D eigenvalue weighted by molar-refractivity contribution is 0.394. The number of fused-ring (bicyclic) bond motifs is 6. The maximum atomic E-state index is 5.65. The Morgan fingerprint density at radius 1 is 0.622 bits per heavy atom. The fraction of sp³-hybridized carbons (Fsp3) is 0.294. The zero-order valence-corrected chi connectivity index (χ0v) is 22.5. The molecule has 0 amide bonds. The molecule has 0 spiro atoms. The maximum absolute atomic E-state index is 5.65. The number of nitrogens with zero attached hydrogens (tertiary/aromatic N) is 1. The number of anilines is 2. The molecule has 5 rings (SSSR count). The van der Waals surface area contributed by atoms with Crippen LogP contribution < -0.4 is 14.4 Å². The van der Waals surface area contributed by atoms with Crippen LogP contribution in [-0.2, 0) is 0 Å². The van der Waals surface area contributed by atoms with Crippen LogP contribution in [0.2, 0.25) is 0 Å². The van der Waals surface area contributed by atoms with Gasteiger partial charge in [-0.25, -0.2) is 0 Å². The Bertz CT molecular complexity index is 1470. The van der Waals surface area contributed by atoms with Gasteiger partial charge >= 0.3 is 0 Å². The summed E-state index contributed by atoms with van der Waals surface area (Å²) >= 11 is 0. The first kappa shape index (κ1) is 25.0. The molecule has 0 radical (unpaired) electrons. The summed E-state index contributed by atoms with van der Waals surface area (Å²) in [7, 11) is 3.43. The van der Waals surface area contributed by atoms with Crippen molar-refractivity contribution >= 4 is 43.7 Å². The summed E-state index contributed by atoms with van der Waals surface area (Å²) in [5.74, 6) is 2.21. The molecule has 0 N–H and O–H groups in total. The maximum Gasteiger partial charge on any atom is 0.124 e. The van der Waals surface area contributed by atoms with Gasteiger partial charge in [0.1, 0.15) is 11.5 Å². The van der Waals surface area contributed by atoms with Crippen molar-refractivity contribution < 1.29 is 9.47 Å². The van der Waals surface area contributed by atoms with E-state index < -0.39 is 0 Å². The van der Waals surface area contributed by atoms with Gasteiger partial charge in [0.15, 0.2) is 0 Å². The van der Waals surface area contributed by atoms with Crippen molar-refractivity contribution in [2.24, 2.45) is 5.92 Å². The molecule has 0 heterocycles. The van der Waals surface area contributed by atoms with Crippen molar-refractivity contribution in [2.45, 2.75) is 39.5 Å². The van der Waals surface area contributed by atoms with E-state index in [1.807, 2.05) is 6.07 Å². The van der Waals surface area contributed by atoms with Gasteiger partial charge in [0.25, 0.3) is 0 Å². The molecular weight excluding hydrogens is 454 g/mol. The normalized spacial score (nSPS) is 12.2. The molecule has 3 heteroatoms. The van der Waals surface area contributed by atoms with Crippen LogP contribution in [0.15, 0.2) is 84.9 Å². The molecule has 0 aliphatic rings. The lowest BCUT2D eigenvalue weighted by Crippen LogP contribution is -2.25. The average Bonchev–Trinajstić information content (AvgIpc) is 2.97. The number of unbranched alkanes of at least 4 members (excludes halogenated alkanes) is 1.